The van der Waals surface area contributed by atoms with E-state index >= 15 is 0 Å². The number of nitrogens with zero attached hydrogens (tertiary/aromatic N) is 2. The monoisotopic (exact) mass is 223 g/mol. The molecule has 1 saturated heterocycles. The van der Waals surface area contributed by atoms with Gasteiger partial charge in [-0.05, 0) is 17.7 Å². The van der Waals surface area contributed by atoms with Crippen LogP contribution in [0.25, 0.3) is 0 Å². The van der Waals surface area contributed by atoms with Crippen LogP contribution in [-0.2, 0) is 6.54 Å². The zero-order chi connectivity index (χ0) is 10.5. The maximum absolute atomic E-state index is 5.64. The van der Waals surface area contributed by atoms with Crippen LogP contribution in [0.4, 0.5) is 0 Å². The van der Waals surface area contributed by atoms with Crippen molar-refractivity contribution in [1.29, 1.82) is 0 Å². The molecule has 1 aliphatic heterocycles. The van der Waals surface area contributed by atoms with Crippen molar-refractivity contribution in [3.63, 3.8) is 0 Å². The molecule has 2 rings (SSSR count). The first kappa shape index (κ1) is 10.9. The maximum Gasteiger partial charge on any atom is 0.0281 e. The largest absolute Gasteiger partial charge is 0.329 e. The lowest BCUT2D eigenvalue weighted by molar-refractivity contribution is 0.218. The number of rotatable bonds is 5. The van der Waals surface area contributed by atoms with Crippen LogP contribution >= 0.6 is 11.8 Å². The van der Waals surface area contributed by atoms with E-state index in [1.807, 2.05) is 24.2 Å². The Morgan fingerprint density at radius 2 is 2.13 bits per heavy atom. The quantitative estimate of drug-likeness (QED) is 0.807. The highest BCUT2D eigenvalue weighted by Gasteiger charge is 2.24. The van der Waals surface area contributed by atoms with Gasteiger partial charge in [-0.25, -0.2) is 0 Å². The first-order chi connectivity index (χ1) is 7.40. The Labute approximate surface area is 95.1 Å². The van der Waals surface area contributed by atoms with Gasteiger partial charge in [0.2, 0.25) is 0 Å². The van der Waals surface area contributed by atoms with E-state index < -0.39 is 0 Å². The minimum absolute atomic E-state index is 0.728. The van der Waals surface area contributed by atoms with E-state index in [1.54, 1.807) is 0 Å². The van der Waals surface area contributed by atoms with E-state index in [2.05, 4.69) is 22.0 Å². The fraction of sp³-hybridized carbons (Fsp3) is 0.545. The molecule has 0 aliphatic carbocycles. The van der Waals surface area contributed by atoms with E-state index in [0.29, 0.717) is 0 Å². The van der Waals surface area contributed by atoms with Crippen molar-refractivity contribution < 1.29 is 0 Å². The molecular formula is C11H17N3S. The van der Waals surface area contributed by atoms with Crippen molar-refractivity contribution in [2.75, 3.05) is 24.6 Å². The van der Waals surface area contributed by atoms with Gasteiger partial charge in [-0.2, -0.15) is 11.8 Å². The summed E-state index contributed by atoms with van der Waals surface area (Å²) in [7, 11) is 0. The molecule has 4 heteroatoms. The fourth-order valence-corrected chi connectivity index (χ4v) is 2.58. The van der Waals surface area contributed by atoms with Crippen LogP contribution in [0.3, 0.4) is 0 Å². The highest BCUT2D eigenvalue weighted by molar-refractivity contribution is 8.00. The van der Waals surface area contributed by atoms with Crippen LogP contribution in [-0.4, -0.2) is 40.5 Å². The molecule has 0 saturated carbocycles. The Morgan fingerprint density at radius 3 is 2.67 bits per heavy atom. The van der Waals surface area contributed by atoms with E-state index in [4.69, 9.17) is 5.73 Å². The van der Waals surface area contributed by atoms with Gasteiger partial charge >= 0.3 is 0 Å². The second-order valence-corrected chi connectivity index (χ2v) is 4.88. The van der Waals surface area contributed by atoms with Gasteiger partial charge in [-0.3, -0.25) is 9.88 Å². The summed E-state index contributed by atoms with van der Waals surface area (Å²) in [6.45, 7) is 2.74. The molecule has 15 heavy (non-hydrogen) atoms. The van der Waals surface area contributed by atoms with Crippen LogP contribution in [0.5, 0.6) is 0 Å². The van der Waals surface area contributed by atoms with Crippen molar-refractivity contribution >= 4 is 11.8 Å². The van der Waals surface area contributed by atoms with E-state index in [1.165, 1.54) is 17.1 Å². The van der Waals surface area contributed by atoms with Gasteiger partial charge in [0.25, 0.3) is 0 Å². The summed E-state index contributed by atoms with van der Waals surface area (Å²) in [6.07, 6.45) is 3.71. The third-order valence-corrected chi connectivity index (χ3v) is 3.93. The summed E-state index contributed by atoms with van der Waals surface area (Å²) in [5.74, 6) is 2.51. The highest BCUT2D eigenvalue weighted by atomic mass is 32.2. The molecule has 3 nitrogen and oxygen atoms in total. The molecule has 0 bridgehead atoms. The molecule has 0 spiro atoms. The van der Waals surface area contributed by atoms with Crippen molar-refractivity contribution in [3.05, 3.63) is 30.1 Å². The zero-order valence-corrected chi connectivity index (χ0v) is 9.62. The number of hydrogen-bond donors (Lipinski definition) is 1. The minimum atomic E-state index is 0.728. The molecule has 1 aromatic heterocycles. The van der Waals surface area contributed by atoms with Crippen molar-refractivity contribution in [2.24, 2.45) is 5.73 Å². The predicted octanol–water partition coefficient (Wildman–Crippen LogP) is 0.958. The van der Waals surface area contributed by atoms with Crippen LogP contribution in [0.1, 0.15) is 5.56 Å². The molecule has 0 unspecified atom stereocenters. The minimum Gasteiger partial charge on any atom is -0.329 e. The Morgan fingerprint density at radius 1 is 1.40 bits per heavy atom. The lowest BCUT2D eigenvalue weighted by atomic mass is 10.2. The smallest absolute Gasteiger partial charge is 0.0281 e. The summed E-state index contributed by atoms with van der Waals surface area (Å²) in [6, 6.07) is 4.89. The van der Waals surface area contributed by atoms with Crippen molar-refractivity contribution in [1.82, 2.24) is 9.88 Å². The van der Waals surface area contributed by atoms with Crippen molar-refractivity contribution in [3.8, 4) is 0 Å². The van der Waals surface area contributed by atoms with Gasteiger partial charge in [-0.15, -0.1) is 0 Å². The third kappa shape index (κ3) is 2.93. The van der Waals surface area contributed by atoms with Gasteiger partial charge in [-0.1, -0.05) is 0 Å². The third-order valence-electron chi connectivity index (χ3n) is 2.69. The molecule has 0 aromatic carbocycles. The average molecular weight is 223 g/mol. The Bertz CT molecular complexity index is 287. The molecule has 1 aromatic rings. The Balaban J connectivity index is 1.93. The highest BCUT2D eigenvalue weighted by Crippen LogP contribution is 2.24. The van der Waals surface area contributed by atoms with Crippen LogP contribution < -0.4 is 5.73 Å². The van der Waals surface area contributed by atoms with Gasteiger partial charge in [0.1, 0.15) is 0 Å². The van der Waals surface area contributed by atoms with Gasteiger partial charge in [0.15, 0.2) is 0 Å². The van der Waals surface area contributed by atoms with Gasteiger partial charge in [0.05, 0.1) is 0 Å². The fourth-order valence-electron chi connectivity index (χ4n) is 1.71. The predicted molar refractivity (Wildman–Crippen MR) is 64.8 cm³/mol. The second-order valence-electron chi connectivity index (χ2n) is 3.81. The topological polar surface area (TPSA) is 42.1 Å². The lowest BCUT2D eigenvalue weighted by Crippen LogP contribution is -2.46. The zero-order valence-electron chi connectivity index (χ0n) is 8.80. The molecule has 0 atom stereocenters. The summed E-state index contributed by atoms with van der Waals surface area (Å²) in [5, 5.41) is 0. The summed E-state index contributed by atoms with van der Waals surface area (Å²) >= 11 is 2.02. The maximum atomic E-state index is 5.64. The molecule has 0 radical (unpaired) electrons. The molecule has 1 fully saturated rings. The first-order valence-electron chi connectivity index (χ1n) is 5.31. The standard InChI is InChI=1S/C11H17N3S/c12-3-6-14(11-8-15-9-11)7-10-1-4-13-5-2-10/h1-2,4-5,11H,3,6-9,12H2. The van der Waals surface area contributed by atoms with Crippen LogP contribution in [0.15, 0.2) is 24.5 Å². The van der Waals surface area contributed by atoms with Crippen LogP contribution in [0, 0.1) is 0 Å². The Hall–Kier alpha value is -0.580. The van der Waals surface area contributed by atoms with E-state index in [0.717, 1.165) is 25.7 Å². The number of aromatic nitrogens is 1. The van der Waals surface area contributed by atoms with E-state index in [9.17, 15) is 0 Å². The molecule has 82 valence electrons. The van der Waals surface area contributed by atoms with Crippen LogP contribution in [0.2, 0.25) is 0 Å². The van der Waals surface area contributed by atoms with E-state index in [-0.39, 0.29) is 0 Å². The molecular weight excluding hydrogens is 206 g/mol. The molecule has 2 N–H and O–H groups in total. The lowest BCUT2D eigenvalue weighted by Gasteiger charge is -2.36. The summed E-state index contributed by atoms with van der Waals surface area (Å²) < 4.78 is 0. The molecule has 2 heterocycles. The average Bonchev–Trinajstić information content (AvgIpc) is 2.17. The Kier molecular flexibility index (Phi) is 4.00. The number of thioether (sulfide) groups is 1. The summed E-state index contributed by atoms with van der Waals surface area (Å²) in [5.41, 5.74) is 6.97. The van der Waals surface area contributed by atoms with Gasteiger partial charge in [0, 0.05) is 49.6 Å². The van der Waals surface area contributed by atoms with Gasteiger partial charge < -0.3 is 5.73 Å². The normalized spacial score (nSPS) is 16.7. The molecule has 0 amide bonds. The second kappa shape index (κ2) is 5.49. The number of nitrogens with two attached hydrogens (primary N) is 1. The van der Waals surface area contributed by atoms with Crippen molar-refractivity contribution in [2.45, 2.75) is 12.6 Å². The SMILES string of the molecule is NCCN(Cc1ccncc1)C1CSC1. The number of pyridine rings is 1. The molecule has 1 aliphatic rings. The number of hydrogen-bond acceptors (Lipinski definition) is 4. The first-order valence-corrected chi connectivity index (χ1v) is 6.46. The summed E-state index contributed by atoms with van der Waals surface area (Å²) in [4.78, 5) is 6.51.